The molecule has 0 amide bonds. The molecule has 2 aromatic rings. The quantitative estimate of drug-likeness (QED) is 0.385. The zero-order chi connectivity index (χ0) is 20.3. The van der Waals surface area contributed by atoms with E-state index in [-0.39, 0.29) is 24.0 Å². The van der Waals surface area contributed by atoms with Gasteiger partial charge in [-0.3, -0.25) is 0 Å². The highest BCUT2D eigenvalue weighted by Crippen LogP contribution is 2.43. The maximum absolute atomic E-state index is 5.78. The van der Waals surface area contributed by atoms with Crippen LogP contribution in [0.4, 0.5) is 0 Å². The highest BCUT2D eigenvalue weighted by molar-refractivity contribution is 6.03. The van der Waals surface area contributed by atoms with Crippen molar-refractivity contribution >= 4 is 5.71 Å². The summed E-state index contributed by atoms with van der Waals surface area (Å²) in [5.41, 5.74) is 4.57. The zero-order valence-corrected chi connectivity index (χ0v) is 20.0. The molecule has 6 nitrogen and oxygen atoms in total. The average Bonchev–Trinajstić information content (AvgIpc) is 2.73. The van der Waals surface area contributed by atoms with Crippen molar-refractivity contribution in [2.75, 3.05) is 49.1 Å². The molecule has 7 heteroatoms. The molecule has 0 unspecified atom stereocenters. The van der Waals surface area contributed by atoms with Crippen LogP contribution in [0.1, 0.15) is 16.7 Å². The highest BCUT2D eigenvalue weighted by atomic mass is 127. The lowest BCUT2D eigenvalue weighted by atomic mass is 9.91. The Bertz CT molecular complexity index is 911. The van der Waals surface area contributed by atoms with E-state index in [1.54, 1.807) is 35.5 Å². The molecule has 0 aliphatic carbocycles. The van der Waals surface area contributed by atoms with Gasteiger partial charge in [-0.05, 0) is 29.3 Å². The van der Waals surface area contributed by atoms with Crippen LogP contribution < -0.4 is 47.7 Å². The van der Waals surface area contributed by atoms with Gasteiger partial charge in [-0.25, -0.2) is 4.58 Å². The third kappa shape index (κ3) is 4.39. The minimum Gasteiger partial charge on any atom is -1.00 e. The minimum absolute atomic E-state index is 0. The Morgan fingerprint density at radius 3 is 2.03 bits per heavy atom. The van der Waals surface area contributed by atoms with Crippen molar-refractivity contribution in [2.45, 2.75) is 12.8 Å². The van der Waals surface area contributed by atoms with Crippen molar-refractivity contribution in [3.63, 3.8) is 0 Å². The number of ether oxygens (including phenoxy) is 5. The fraction of sp³-hybridized carbons (Fsp3) is 0.409. The normalized spacial score (nSPS) is 12.6. The van der Waals surface area contributed by atoms with E-state index in [0.717, 1.165) is 42.0 Å². The van der Waals surface area contributed by atoms with Gasteiger partial charge in [0.25, 0.3) is 0 Å². The molecule has 0 saturated heterocycles. The van der Waals surface area contributed by atoms with Gasteiger partial charge in [-0.1, -0.05) is 6.07 Å². The molecule has 0 fully saturated rings. The molecule has 2 aromatic carbocycles. The van der Waals surface area contributed by atoms with Gasteiger partial charge >= 0.3 is 0 Å². The van der Waals surface area contributed by atoms with Gasteiger partial charge in [-0.15, -0.1) is 0 Å². The van der Waals surface area contributed by atoms with Crippen LogP contribution in [0.2, 0.25) is 0 Å². The Hall–Kier alpha value is -2.16. The fourth-order valence-electron chi connectivity index (χ4n) is 3.74. The number of fused-ring (bicyclic) bond motifs is 1. The molecule has 0 atom stereocenters. The molecule has 0 saturated carbocycles. The minimum atomic E-state index is 0. The van der Waals surface area contributed by atoms with Crippen LogP contribution in [-0.2, 0) is 12.8 Å². The van der Waals surface area contributed by atoms with Crippen molar-refractivity contribution in [3.8, 4) is 28.7 Å². The van der Waals surface area contributed by atoms with Crippen LogP contribution in [0, 0.1) is 0 Å². The van der Waals surface area contributed by atoms with Gasteiger partial charge < -0.3 is 47.7 Å². The summed E-state index contributed by atoms with van der Waals surface area (Å²) >= 11 is 0. The molecule has 0 spiro atoms. The Balaban J connectivity index is 0.00000300. The van der Waals surface area contributed by atoms with E-state index >= 15 is 0 Å². The summed E-state index contributed by atoms with van der Waals surface area (Å²) in [5.74, 6) is 3.45. The molecular formula is C22H28INO5. The third-order valence-electron chi connectivity index (χ3n) is 5.20. The number of hydrogen-bond acceptors (Lipinski definition) is 5. The van der Waals surface area contributed by atoms with Gasteiger partial charge in [0.2, 0.25) is 5.75 Å². The molecule has 0 N–H and O–H groups in total. The van der Waals surface area contributed by atoms with Gasteiger partial charge in [0.15, 0.2) is 28.7 Å². The number of methoxy groups -OCH3 is 5. The highest BCUT2D eigenvalue weighted by Gasteiger charge is 2.31. The summed E-state index contributed by atoms with van der Waals surface area (Å²) in [5, 5.41) is 0. The van der Waals surface area contributed by atoms with Crippen molar-refractivity contribution in [2.24, 2.45) is 0 Å². The van der Waals surface area contributed by atoms with E-state index in [1.165, 1.54) is 11.3 Å². The van der Waals surface area contributed by atoms with Crippen LogP contribution in [-0.4, -0.2) is 59.4 Å². The predicted octanol–water partition coefficient (Wildman–Crippen LogP) is -0.0362. The number of likely N-dealkylation sites (N-methyl/N-ethyl adjacent to an activating group) is 1. The molecule has 0 aromatic heterocycles. The average molecular weight is 513 g/mol. The van der Waals surface area contributed by atoms with E-state index in [0.29, 0.717) is 17.2 Å². The molecule has 158 valence electrons. The first kappa shape index (κ1) is 23.1. The Morgan fingerprint density at radius 2 is 1.45 bits per heavy atom. The first-order valence-corrected chi connectivity index (χ1v) is 9.17. The lowest BCUT2D eigenvalue weighted by Gasteiger charge is -2.23. The summed E-state index contributed by atoms with van der Waals surface area (Å²) in [4.78, 5) is 0. The summed E-state index contributed by atoms with van der Waals surface area (Å²) in [6.45, 7) is 0.925. The molecule has 1 aliphatic rings. The maximum Gasteiger partial charge on any atom is 0.204 e. The lowest BCUT2D eigenvalue weighted by Crippen LogP contribution is -3.00. The van der Waals surface area contributed by atoms with Crippen molar-refractivity contribution < 1.29 is 52.2 Å². The van der Waals surface area contributed by atoms with Gasteiger partial charge in [0, 0.05) is 6.42 Å². The van der Waals surface area contributed by atoms with Crippen LogP contribution >= 0.6 is 0 Å². The van der Waals surface area contributed by atoms with E-state index in [9.17, 15) is 0 Å². The monoisotopic (exact) mass is 513 g/mol. The van der Waals surface area contributed by atoms with Crippen LogP contribution in [0.3, 0.4) is 0 Å². The molecule has 0 bridgehead atoms. The second kappa shape index (κ2) is 10.0. The standard InChI is InChI=1S/C22H28NO5.HI/c1-23-10-9-15-13-19(26-4)21(27-5)22(28-6)20(15)16(23)11-14-7-8-17(24-2)18(12-14)25-3;/h7-8,12-13H,9-11H2,1-6H3;1H/q+1;/p-1. The fourth-order valence-corrected chi connectivity index (χ4v) is 3.74. The molecule has 1 heterocycles. The molecule has 1 aliphatic heterocycles. The second-order valence-electron chi connectivity index (χ2n) is 6.66. The largest absolute Gasteiger partial charge is 1.00 e. The van der Waals surface area contributed by atoms with Gasteiger partial charge in [0.05, 0.1) is 47.5 Å². The third-order valence-corrected chi connectivity index (χ3v) is 5.20. The van der Waals surface area contributed by atoms with Gasteiger partial charge in [0.1, 0.15) is 13.6 Å². The van der Waals surface area contributed by atoms with E-state index in [4.69, 9.17) is 23.7 Å². The molecule has 3 rings (SSSR count). The van der Waals surface area contributed by atoms with E-state index < -0.39 is 0 Å². The van der Waals surface area contributed by atoms with Crippen LogP contribution in [0.5, 0.6) is 28.7 Å². The SMILES string of the molecule is COc1ccc(CC2=[N+](C)CCc3cc(OC)c(OC)c(OC)c32)cc1OC.[I-]. The van der Waals surface area contributed by atoms with Gasteiger partial charge in [-0.2, -0.15) is 0 Å². The Kier molecular flexibility index (Phi) is 8.01. The van der Waals surface area contributed by atoms with E-state index in [2.05, 4.69) is 23.8 Å². The van der Waals surface area contributed by atoms with Crippen molar-refractivity contribution in [3.05, 3.63) is 41.0 Å². The second-order valence-corrected chi connectivity index (χ2v) is 6.66. The topological polar surface area (TPSA) is 49.2 Å². The first-order chi connectivity index (χ1) is 13.6. The molecule has 0 radical (unpaired) electrons. The van der Waals surface area contributed by atoms with Crippen LogP contribution in [0.15, 0.2) is 24.3 Å². The number of hydrogen-bond donors (Lipinski definition) is 0. The lowest BCUT2D eigenvalue weighted by molar-refractivity contribution is -0.498. The molecule has 29 heavy (non-hydrogen) atoms. The van der Waals surface area contributed by atoms with Crippen molar-refractivity contribution in [1.29, 1.82) is 0 Å². The van der Waals surface area contributed by atoms with E-state index in [1.807, 2.05) is 12.1 Å². The Morgan fingerprint density at radius 1 is 0.793 bits per heavy atom. The number of rotatable bonds is 7. The summed E-state index contributed by atoms with van der Waals surface area (Å²) in [6, 6.07) is 8.06. The predicted molar refractivity (Wildman–Crippen MR) is 108 cm³/mol. The van der Waals surface area contributed by atoms with Crippen molar-refractivity contribution in [1.82, 2.24) is 0 Å². The number of nitrogens with zero attached hydrogens (tertiary/aromatic N) is 1. The summed E-state index contributed by atoms with van der Waals surface area (Å²) < 4.78 is 30.0. The maximum atomic E-state index is 5.78. The summed E-state index contributed by atoms with van der Waals surface area (Å²) in [7, 11) is 10.3. The summed E-state index contributed by atoms with van der Waals surface area (Å²) in [6.07, 6.45) is 1.65. The number of benzene rings is 2. The smallest absolute Gasteiger partial charge is 0.204 e. The first-order valence-electron chi connectivity index (χ1n) is 9.17. The zero-order valence-electron chi connectivity index (χ0n) is 17.8. The van der Waals surface area contributed by atoms with Crippen LogP contribution in [0.25, 0.3) is 0 Å². The molecular weight excluding hydrogens is 485 g/mol. The number of halogens is 1. The Labute approximate surface area is 189 Å².